The second kappa shape index (κ2) is 8.39. The molecular formula is C24H23N3O4. The number of carbonyl (C=O) groups excluding carboxylic acids is 1. The van der Waals surface area contributed by atoms with Crippen molar-refractivity contribution in [3.05, 3.63) is 72.1 Å². The molecule has 1 amide bonds. The predicted octanol–water partition coefficient (Wildman–Crippen LogP) is 4.59. The van der Waals surface area contributed by atoms with Crippen LogP contribution in [-0.2, 0) is 0 Å². The van der Waals surface area contributed by atoms with Crippen LogP contribution in [0.25, 0.3) is 16.9 Å². The SMILES string of the molecule is COc1cc(C(=O)Nc2cccc(-c3cn4cc(C)ccc4n3)c2)cc(OC)c1OC. The normalized spacial score (nSPS) is 10.7. The van der Waals surface area contributed by atoms with E-state index in [1.54, 1.807) is 12.1 Å². The number of aryl methyl sites for hydroxylation is 1. The van der Waals surface area contributed by atoms with Gasteiger partial charge in [-0.15, -0.1) is 0 Å². The molecule has 0 aliphatic carbocycles. The highest BCUT2D eigenvalue weighted by molar-refractivity contribution is 6.05. The van der Waals surface area contributed by atoms with Gasteiger partial charge in [-0.1, -0.05) is 18.2 Å². The van der Waals surface area contributed by atoms with Gasteiger partial charge in [-0.05, 0) is 42.8 Å². The number of imidazole rings is 1. The molecule has 4 aromatic rings. The summed E-state index contributed by atoms with van der Waals surface area (Å²) in [6.07, 6.45) is 4.00. The second-order valence-electron chi connectivity index (χ2n) is 7.05. The lowest BCUT2D eigenvalue weighted by molar-refractivity contribution is 0.102. The minimum absolute atomic E-state index is 0.290. The van der Waals surface area contributed by atoms with Crippen LogP contribution in [0.3, 0.4) is 0 Å². The van der Waals surface area contributed by atoms with Crippen molar-refractivity contribution in [2.24, 2.45) is 0 Å². The molecule has 0 saturated carbocycles. The van der Waals surface area contributed by atoms with Crippen LogP contribution < -0.4 is 19.5 Å². The Kier molecular flexibility index (Phi) is 5.49. The summed E-state index contributed by atoms with van der Waals surface area (Å²) in [5.74, 6) is 0.981. The third-order valence-electron chi connectivity index (χ3n) is 4.94. The highest BCUT2D eigenvalue weighted by Crippen LogP contribution is 2.38. The lowest BCUT2D eigenvalue weighted by atomic mass is 10.1. The molecule has 1 N–H and O–H groups in total. The smallest absolute Gasteiger partial charge is 0.255 e. The number of methoxy groups -OCH3 is 3. The van der Waals surface area contributed by atoms with Crippen molar-refractivity contribution in [3.63, 3.8) is 0 Å². The van der Waals surface area contributed by atoms with Crippen LogP contribution in [0, 0.1) is 6.92 Å². The molecule has 0 fully saturated rings. The molecule has 2 aromatic heterocycles. The van der Waals surface area contributed by atoms with Crippen molar-refractivity contribution in [2.45, 2.75) is 6.92 Å². The van der Waals surface area contributed by atoms with E-state index in [0.717, 1.165) is 22.5 Å². The predicted molar refractivity (Wildman–Crippen MR) is 119 cm³/mol. The number of ether oxygens (including phenoxy) is 3. The Morgan fingerprint density at radius 1 is 0.935 bits per heavy atom. The average Bonchev–Trinajstić information content (AvgIpc) is 3.21. The van der Waals surface area contributed by atoms with Crippen LogP contribution in [-0.4, -0.2) is 36.6 Å². The van der Waals surface area contributed by atoms with Gasteiger partial charge in [-0.3, -0.25) is 4.79 Å². The Balaban J connectivity index is 1.62. The highest BCUT2D eigenvalue weighted by Gasteiger charge is 2.17. The monoisotopic (exact) mass is 417 g/mol. The van der Waals surface area contributed by atoms with Gasteiger partial charge >= 0.3 is 0 Å². The zero-order valence-electron chi connectivity index (χ0n) is 17.8. The number of amides is 1. The van der Waals surface area contributed by atoms with E-state index in [9.17, 15) is 4.79 Å². The molecule has 2 aromatic carbocycles. The van der Waals surface area contributed by atoms with Crippen LogP contribution in [0.15, 0.2) is 60.9 Å². The van der Waals surface area contributed by atoms with Crippen LogP contribution in [0.1, 0.15) is 15.9 Å². The van der Waals surface area contributed by atoms with Crippen LogP contribution in [0.4, 0.5) is 5.69 Å². The van der Waals surface area contributed by atoms with Crippen molar-refractivity contribution in [2.75, 3.05) is 26.6 Å². The van der Waals surface area contributed by atoms with Crippen molar-refractivity contribution in [1.29, 1.82) is 0 Å². The maximum atomic E-state index is 12.9. The van der Waals surface area contributed by atoms with Gasteiger partial charge in [0.15, 0.2) is 11.5 Å². The molecule has 0 aliphatic rings. The number of anilines is 1. The molecule has 0 bridgehead atoms. The first-order chi connectivity index (χ1) is 15.0. The average molecular weight is 417 g/mol. The second-order valence-corrected chi connectivity index (χ2v) is 7.05. The van der Waals surface area contributed by atoms with Crippen LogP contribution >= 0.6 is 0 Å². The largest absolute Gasteiger partial charge is 0.493 e. The van der Waals surface area contributed by atoms with Crippen LogP contribution in [0.5, 0.6) is 17.2 Å². The number of hydrogen-bond acceptors (Lipinski definition) is 5. The Hall–Kier alpha value is -4.00. The van der Waals surface area contributed by atoms with Crippen molar-refractivity contribution in [3.8, 4) is 28.5 Å². The Morgan fingerprint density at radius 2 is 1.68 bits per heavy atom. The summed E-state index contributed by atoms with van der Waals surface area (Å²) >= 11 is 0. The summed E-state index contributed by atoms with van der Waals surface area (Å²) in [5, 5.41) is 2.93. The maximum absolute atomic E-state index is 12.9. The molecule has 0 aliphatic heterocycles. The van der Waals surface area contributed by atoms with Crippen LogP contribution in [0.2, 0.25) is 0 Å². The fourth-order valence-electron chi connectivity index (χ4n) is 3.41. The molecule has 0 radical (unpaired) electrons. The molecule has 2 heterocycles. The van der Waals surface area contributed by atoms with E-state index in [2.05, 4.69) is 10.3 Å². The van der Waals surface area contributed by atoms with Crippen molar-refractivity contribution < 1.29 is 19.0 Å². The number of rotatable bonds is 6. The van der Waals surface area contributed by atoms with Gasteiger partial charge in [0.05, 0.1) is 27.0 Å². The standard InChI is InChI=1S/C24H23N3O4/c1-15-8-9-22-26-19(14-27(22)13-15)16-6-5-7-18(10-16)25-24(28)17-11-20(29-2)23(31-4)21(12-17)30-3/h5-14H,1-4H3,(H,25,28). The van der Waals surface area contributed by atoms with E-state index in [1.165, 1.54) is 21.3 Å². The maximum Gasteiger partial charge on any atom is 0.255 e. The lowest BCUT2D eigenvalue weighted by Crippen LogP contribution is -2.12. The molecule has 4 rings (SSSR count). The third kappa shape index (κ3) is 4.02. The Bertz CT molecular complexity index is 1240. The Morgan fingerprint density at radius 3 is 2.35 bits per heavy atom. The van der Waals surface area contributed by atoms with Gasteiger partial charge in [-0.2, -0.15) is 0 Å². The van der Waals surface area contributed by atoms with E-state index in [4.69, 9.17) is 14.2 Å². The molecule has 0 unspecified atom stereocenters. The van der Waals surface area contributed by atoms with Gasteiger partial charge < -0.3 is 23.9 Å². The molecule has 0 saturated heterocycles. The number of pyridine rings is 1. The summed E-state index contributed by atoms with van der Waals surface area (Å²) in [4.78, 5) is 17.6. The number of aromatic nitrogens is 2. The fourth-order valence-corrected chi connectivity index (χ4v) is 3.41. The van der Waals surface area contributed by atoms with E-state index in [1.807, 2.05) is 60.1 Å². The number of hydrogen-bond donors (Lipinski definition) is 1. The van der Waals surface area contributed by atoms with Gasteiger partial charge in [0.25, 0.3) is 5.91 Å². The third-order valence-corrected chi connectivity index (χ3v) is 4.94. The fraction of sp³-hybridized carbons (Fsp3) is 0.167. The van der Waals surface area contributed by atoms with E-state index in [-0.39, 0.29) is 5.91 Å². The van der Waals surface area contributed by atoms with Gasteiger partial charge in [0.1, 0.15) is 5.65 Å². The van der Waals surface area contributed by atoms with Crippen molar-refractivity contribution >= 4 is 17.2 Å². The zero-order chi connectivity index (χ0) is 22.0. The number of carbonyl (C=O) groups is 1. The molecule has 0 atom stereocenters. The summed E-state index contributed by atoms with van der Waals surface area (Å²) in [5.41, 5.74) is 4.81. The molecule has 7 heteroatoms. The number of nitrogens with one attached hydrogen (secondary N) is 1. The summed E-state index contributed by atoms with van der Waals surface area (Å²) in [7, 11) is 4.55. The summed E-state index contributed by atoms with van der Waals surface area (Å²) in [6, 6.07) is 14.8. The Labute approximate surface area is 180 Å². The topological polar surface area (TPSA) is 74.1 Å². The molecular weight excluding hydrogens is 394 g/mol. The first-order valence-electron chi connectivity index (χ1n) is 9.69. The minimum atomic E-state index is -0.290. The number of nitrogens with zero attached hydrogens (tertiary/aromatic N) is 2. The molecule has 158 valence electrons. The first-order valence-corrected chi connectivity index (χ1v) is 9.69. The molecule has 0 spiro atoms. The number of fused-ring (bicyclic) bond motifs is 1. The quantitative estimate of drug-likeness (QED) is 0.497. The lowest BCUT2D eigenvalue weighted by Gasteiger charge is -2.14. The number of benzene rings is 2. The minimum Gasteiger partial charge on any atom is -0.493 e. The molecule has 7 nitrogen and oxygen atoms in total. The van der Waals surface area contributed by atoms with E-state index in [0.29, 0.717) is 28.5 Å². The zero-order valence-corrected chi connectivity index (χ0v) is 17.8. The van der Waals surface area contributed by atoms with Crippen molar-refractivity contribution in [1.82, 2.24) is 9.38 Å². The summed E-state index contributed by atoms with van der Waals surface area (Å²) in [6.45, 7) is 2.04. The van der Waals surface area contributed by atoms with E-state index < -0.39 is 0 Å². The summed E-state index contributed by atoms with van der Waals surface area (Å²) < 4.78 is 18.0. The van der Waals surface area contributed by atoms with Gasteiger partial charge in [0.2, 0.25) is 5.75 Å². The van der Waals surface area contributed by atoms with E-state index >= 15 is 0 Å². The molecule has 31 heavy (non-hydrogen) atoms. The highest BCUT2D eigenvalue weighted by atomic mass is 16.5. The van der Waals surface area contributed by atoms with Gasteiger partial charge in [-0.25, -0.2) is 4.98 Å². The van der Waals surface area contributed by atoms with Gasteiger partial charge in [0, 0.05) is 29.2 Å². The first kappa shape index (κ1) is 20.3.